The highest BCUT2D eigenvalue weighted by Gasteiger charge is 2.24. The average molecular weight is 289 g/mol. The summed E-state index contributed by atoms with van der Waals surface area (Å²) in [6.07, 6.45) is 2.78. The maximum absolute atomic E-state index is 5.49. The van der Waals surface area contributed by atoms with Crippen molar-refractivity contribution in [1.29, 1.82) is 0 Å². The van der Waals surface area contributed by atoms with Crippen molar-refractivity contribution in [3.8, 4) is 5.75 Å². The largest absolute Gasteiger partial charge is 0.493 e. The summed E-state index contributed by atoms with van der Waals surface area (Å²) in [5.41, 5.74) is 3.93. The van der Waals surface area contributed by atoms with E-state index >= 15 is 0 Å². The molecule has 0 fully saturated rings. The van der Waals surface area contributed by atoms with Crippen LogP contribution in [0.2, 0.25) is 0 Å². The van der Waals surface area contributed by atoms with Crippen LogP contribution in [0.25, 0.3) is 0 Å². The van der Waals surface area contributed by atoms with Gasteiger partial charge < -0.3 is 10.1 Å². The van der Waals surface area contributed by atoms with Crippen molar-refractivity contribution in [3.63, 3.8) is 0 Å². The first-order valence-electron chi connectivity index (χ1n) is 7.20. The van der Waals surface area contributed by atoms with Crippen LogP contribution in [0.1, 0.15) is 42.0 Å². The molecule has 6 heteroatoms. The fraction of sp³-hybridized carbons (Fsp3) is 0.533. The van der Waals surface area contributed by atoms with E-state index < -0.39 is 0 Å². The fourth-order valence-electron chi connectivity index (χ4n) is 2.52. The number of aromatic nitrogens is 4. The number of hydrogen-bond acceptors (Lipinski definition) is 5. The minimum atomic E-state index is -0.0248. The van der Waals surface area contributed by atoms with E-state index in [0.717, 1.165) is 41.4 Å². The Hall–Kier alpha value is -1.95. The smallest absolute Gasteiger partial charge is 0.161 e. The van der Waals surface area contributed by atoms with Gasteiger partial charge in [-0.15, -0.1) is 0 Å². The van der Waals surface area contributed by atoms with Crippen LogP contribution < -0.4 is 10.1 Å². The molecule has 0 saturated heterocycles. The summed E-state index contributed by atoms with van der Waals surface area (Å²) in [7, 11) is 3.61. The van der Waals surface area contributed by atoms with Gasteiger partial charge in [0.1, 0.15) is 5.69 Å². The fourth-order valence-corrected chi connectivity index (χ4v) is 2.52. The third-order valence-electron chi connectivity index (χ3n) is 3.51. The highest BCUT2D eigenvalue weighted by atomic mass is 16.5. The van der Waals surface area contributed by atoms with Crippen molar-refractivity contribution in [2.75, 3.05) is 14.2 Å². The van der Waals surface area contributed by atoms with Gasteiger partial charge in [-0.3, -0.25) is 4.68 Å². The molecule has 1 N–H and O–H groups in total. The van der Waals surface area contributed by atoms with Gasteiger partial charge in [0.25, 0.3) is 0 Å². The zero-order chi connectivity index (χ0) is 15.4. The first kappa shape index (κ1) is 15.4. The van der Waals surface area contributed by atoms with Gasteiger partial charge in [0.2, 0.25) is 0 Å². The van der Waals surface area contributed by atoms with Crippen LogP contribution in [-0.4, -0.2) is 34.1 Å². The SMILES string of the molecule is CCCn1ncc(OC)c1C(NC)c1cc(C)nnc1C. The van der Waals surface area contributed by atoms with Crippen LogP contribution in [0.15, 0.2) is 12.3 Å². The molecule has 0 aliphatic rings. The number of nitrogens with zero attached hydrogens (tertiary/aromatic N) is 4. The number of ether oxygens (including phenoxy) is 1. The molecule has 2 aromatic heterocycles. The summed E-state index contributed by atoms with van der Waals surface area (Å²) < 4.78 is 7.48. The van der Waals surface area contributed by atoms with E-state index in [0.29, 0.717) is 0 Å². The third kappa shape index (κ3) is 3.05. The lowest BCUT2D eigenvalue weighted by molar-refractivity contribution is 0.400. The molecule has 0 saturated carbocycles. The van der Waals surface area contributed by atoms with Crippen LogP contribution in [-0.2, 0) is 6.54 Å². The summed E-state index contributed by atoms with van der Waals surface area (Å²) >= 11 is 0. The average Bonchev–Trinajstić information content (AvgIpc) is 2.87. The highest BCUT2D eigenvalue weighted by Crippen LogP contribution is 2.31. The molecular weight excluding hydrogens is 266 g/mol. The van der Waals surface area contributed by atoms with Crippen LogP contribution in [0, 0.1) is 13.8 Å². The van der Waals surface area contributed by atoms with E-state index in [-0.39, 0.29) is 6.04 Å². The summed E-state index contributed by atoms with van der Waals surface area (Å²) in [6.45, 7) is 6.91. The minimum absolute atomic E-state index is 0.0248. The lowest BCUT2D eigenvalue weighted by Crippen LogP contribution is -2.24. The van der Waals surface area contributed by atoms with Gasteiger partial charge in [0.15, 0.2) is 5.75 Å². The Morgan fingerprint density at radius 1 is 1.33 bits per heavy atom. The van der Waals surface area contributed by atoms with Gasteiger partial charge in [0.05, 0.1) is 30.7 Å². The molecule has 0 aliphatic carbocycles. The summed E-state index contributed by atoms with van der Waals surface area (Å²) in [5.74, 6) is 0.789. The number of nitrogens with one attached hydrogen (secondary N) is 1. The van der Waals surface area contributed by atoms with Gasteiger partial charge in [-0.1, -0.05) is 6.92 Å². The molecule has 0 radical (unpaired) electrons. The van der Waals surface area contributed by atoms with Crippen molar-refractivity contribution in [2.24, 2.45) is 0 Å². The second-order valence-corrected chi connectivity index (χ2v) is 5.07. The summed E-state index contributed by atoms with van der Waals surface area (Å²) in [6, 6.07) is 2.04. The molecule has 0 aromatic carbocycles. The predicted molar refractivity (Wildman–Crippen MR) is 81.5 cm³/mol. The zero-order valence-corrected chi connectivity index (χ0v) is 13.3. The summed E-state index contributed by atoms with van der Waals surface area (Å²) in [4.78, 5) is 0. The van der Waals surface area contributed by atoms with Crippen LogP contribution in [0.3, 0.4) is 0 Å². The maximum Gasteiger partial charge on any atom is 0.161 e. The quantitative estimate of drug-likeness (QED) is 0.881. The van der Waals surface area contributed by atoms with E-state index in [9.17, 15) is 0 Å². The molecule has 0 aliphatic heterocycles. The second kappa shape index (κ2) is 6.67. The number of rotatable bonds is 6. The van der Waals surface area contributed by atoms with Crippen LogP contribution >= 0.6 is 0 Å². The first-order chi connectivity index (χ1) is 10.1. The Balaban J connectivity index is 2.55. The molecule has 0 amide bonds. The zero-order valence-electron chi connectivity index (χ0n) is 13.3. The van der Waals surface area contributed by atoms with E-state index in [4.69, 9.17) is 4.74 Å². The van der Waals surface area contributed by atoms with E-state index in [1.54, 1.807) is 13.3 Å². The molecule has 0 bridgehead atoms. The van der Waals surface area contributed by atoms with Gasteiger partial charge in [-0.25, -0.2) is 0 Å². The van der Waals surface area contributed by atoms with Gasteiger partial charge in [-0.2, -0.15) is 15.3 Å². The van der Waals surface area contributed by atoms with E-state index in [1.165, 1.54) is 0 Å². The second-order valence-electron chi connectivity index (χ2n) is 5.07. The Morgan fingerprint density at radius 2 is 2.10 bits per heavy atom. The maximum atomic E-state index is 5.49. The standard InChI is InChI=1S/C15H23N5O/c1-6-7-20-15(13(21-5)9-17-20)14(16-4)12-8-10(2)18-19-11(12)3/h8-9,14,16H,6-7H2,1-5H3. The molecule has 6 nitrogen and oxygen atoms in total. The molecule has 21 heavy (non-hydrogen) atoms. The Bertz CT molecular complexity index is 608. The van der Waals surface area contributed by atoms with Crippen molar-refractivity contribution in [1.82, 2.24) is 25.3 Å². The molecule has 114 valence electrons. The highest BCUT2D eigenvalue weighted by molar-refractivity contribution is 5.38. The Kier molecular flexibility index (Phi) is 4.90. The van der Waals surface area contributed by atoms with Crippen molar-refractivity contribution in [3.05, 3.63) is 34.9 Å². The number of hydrogen-bond donors (Lipinski definition) is 1. The third-order valence-corrected chi connectivity index (χ3v) is 3.51. The van der Waals surface area contributed by atoms with Gasteiger partial charge >= 0.3 is 0 Å². The molecule has 1 atom stereocenters. The van der Waals surface area contributed by atoms with Crippen molar-refractivity contribution >= 4 is 0 Å². The predicted octanol–water partition coefficient (Wildman–Crippen LogP) is 2.02. The topological polar surface area (TPSA) is 64.9 Å². The lowest BCUT2D eigenvalue weighted by atomic mass is 10.0. The number of aryl methyl sites for hydroxylation is 3. The summed E-state index contributed by atoms with van der Waals surface area (Å²) in [5, 5.41) is 16.1. The Labute approximate surface area is 125 Å². The Morgan fingerprint density at radius 3 is 2.71 bits per heavy atom. The van der Waals surface area contributed by atoms with Crippen LogP contribution in [0.4, 0.5) is 0 Å². The van der Waals surface area contributed by atoms with Crippen LogP contribution in [0.5, 0.6) is 5.75 Å². The number of methoxy groups -OCH3 is 1. The molecule has 2 aromatic rings. The normalized spacial score (nSPS) is 12.4. The van der Waals surface area contributed by atoms with Crippen molar-refractivity contribution in [2.45, 2.75) is 39.8 Å². The molecule has 2 heterocycles. The minimum Gasteiger partial charge on any atom is -0.493 e. The van der Waals surface area contributed by atoms with Gasteiger partial charge in [0, 0.05) is 12.1 Å². The molecular formula is C15H23N5O. The molecule has 0 spiro atoms. The molecule has 1 unspecified atom stereocenters. The first-order valence-corrected chi connectivity index (χ1v) is 7.20. The van der Waals surface area contributed by atoms with E-state index in [2.05, 4.69) is 33.6 Å². The van der Waals surface area contributed by atoms with Crippen molar-refractivity contribution < 1.29 is 4.74 Å². The van der Waals surface area contributed by atoms with E-state index in [1.807, 2.05) is 25.6 Å². The molecule has 2 rings (SSSR count). The van der Waals surface area contributed by atoms with Gasteiger partial charge in [-0.05, 0) is 33.4 Å². The lowest BCUT2D eigenvalue weighted by Gasteiger charge is -2.21. The monoisotopic (exact) mass is 289 g/mol.